The van der Waals surface area contributed by atoms with Gasteiger partial charge in [-0.15, -0.1) is 0 Å². The van der Waals surface area contributed by atoms with Crippen LogP contribution in [-0.4, -0.2) is 18.5 Å². The predicted octanol–water partition coefficient (Wildman–Crippen LogP) is 4.97. The fraction of sp³-hybridized carbons (Fsp3) is 0.350. The SMILES string of the molecule is Cc1cc(N)c(NC(=O)c2ccc(Br)cc2)cc1N1CCCCC1C. The van der Waals surface area contributed by atoms with Crippen molar-refractivity contribution in [1.29, 1.82) is 0 Å². The summed E-state index contributed by atoms with van der Waals surface area (Å²) in [6, 6.07) is 11.8. The van der Waals surface area contributed by atoms with Crippen LogP contribution in [0.3, 0.4) is 0 Å². The lowest BCUT2D eigenvalue weighted by Crippen LogP contribution is -2.37. The highest BCUT2D eigenvalue weighted by Gasteiger charge is 2.21. The number of halogens is 1. The van der Waals surface area contributed by atoms with Crippen LogP contribution in [0.1, 0.15) is 42.1 Å². The van der Waals surface area contributed by atoms with Gasteiger partial charge in [0.1, 0.15) is 0 Å². The Morgan fingerprint density at radius 2 is 1.96 bits per heavy atom. The Morgan fingerprint density at radius 1 is 1.24 bits per heavy atom. The number of nitrogens with one attached hydrogen (secondary N) is 1. The van der Waals surface area contributed by atoms with Crippen LogP contribution in [0.15, 0.2) is 40.9 Å². The highest BCUT2D eigenvalue weighted by molar-refractivity contribution is 9.10. The Morgan fingerprint density at radius 3 is 2.64 bits per heavy atom. The van der Waals surface area contributed by atoms with E-state index in [4.69, 9.17) is 5.73 Å². The zero-order valence-electron chi connectivity index (χ0n) is 14.7. The van der Waals surface area contributed by atoms with Gasteiger partial charge in [0.05, 0.1) is 11.4 Å². The van der Waals surface area contributed by atoms with Gasteiger partial charge in [0.15, 0.2) is 0 Å². The van der Waals surface area contributed by atoms with Gasteiger partial charge in [-0.25, -0.2) is 0 Å². The minimum Gasteiger partial charge on any atom is -0.397 e. The molecular weight excluding hydrogens is 378 g/mol. The monoisotopic (exact) mass is 401 g/mol. The number of amides is 1. The van der Waals surface area contributed by atoms with Gasteiger partial charge in [0.25, 0.3) is 5.91 Å². The zero-order valence-corrected chi connectivity index (χ0v) is 16.3. The van der Waals surface area contributed by atoms with Crippen molar-refractivity contribution in [2.45, 2.75) is 39.2 Å². The number of piperidine rings is 1. The summed E-state index contributed by atoms with van der Waals surface area (Å²) in [5.41, 5.74) is 10.3. The molecule has 132 valence electrons. The molecule has 1 aliphatic heterocycles. The number of aryl methyl sites for hydroxylation is 1. The van der Waals surface area contributed by atoms with Crippen molar-refractivity contribution >= 4 is 38.9 Å². The fourth-order valence-corrected chi connectivity index (χ4v) is 3.65. The van der Waals surface area contributed by atoms with Gasteiger partial charge in [0, 0.05) is 28.3 Å². The van der Waals surface area contributed by atoms with Crippen LogP contribution in [0.2, 0.25) is 0 Å². The molecule has 2 aromatic rings. The molecule has 1 heterocycles. The molecule has 1 fully saturated rings. The normalized spacial score (nSPS) is 17.4. The van der Waals surface area contributed by atoms with Gasteiger partial charge in [-0.1, -0.05) is 15.9 Å². The van der Waals surface area contributed by atoms with Gasteiger partial charge >= 0.3 is 0 Å². The first kappa shape index (κ1) is 17.8. The first-order chi connectivity index (χ1) is 12.0. The molecule has 4 nitrogen and oxygen atoms in total. The molecule has 25 heavy (non-hydrogen) atoms. The Kier molecular flexibility index (Phi) is 5.33. The van der Waals surface area contributed by atoms with Crippen molar-refractivity contribution in [2.75, 3.05) is 22.5 Å². The standard InChI is InChI=1S/C20H24BrN3O/c1-13-11-17(22)18(12-19(13)24-10-4-3-5-14(24)2)23-20(25)15-6-8-16(21)9-7-15/h6-9,11-12,14H,3-5,10,22H2,1-2H3,(H,23,25). The molecule has 1 unspecified atom stereocenters. The molecular formula is C20H24BrN3O. The van der Waals surface area contributed by atoms with Crippen LogP contribution in [0.4, 0.5) is 17.1 Å². The number of carbonyl (C=O) groups is 1. The Labute approximate surface area is 157 Å². The number of hydrogen-bond acceptors (Lipinski definition) is 3. The maximum atomic E-state index is 12.5. The van der Waals surface area contributed by atoms with E-state index in [1.807, 2.05) is 24.3 Å². The summed E-state index contributed by atoms with van der Waals surface area (Å²) >= 11 is 3.38. The van der Waals surface area contributed by atoms with Crippen molar-refractivity contribution in [1.82, 2.24) is 0 Å². The summed E-state index contributed by atoms with van der Waals surface area (Å²) in [4.78, 5) is 14.9. The van der Waals surface area contributed by atoms with Gasteiger partial charge < -0.3 is 16.0 Å². The second-order valence-electron chi connectivity index (χ2n) is 6.73. The maximum absolute atomic E-state index is 12.5. The predicted molar refractivity (Wildman–Crippen MR) is 108 cm³/mol. The van der Waals surface area contributed by atoms with E-state index in [-0.39, 0.29) is 5.91 Å². The van der Waals surface area contributed by atoms with E-state index < -0.39 is 0 Å². The molecule has 0 saturated carbocycles. The number of nitrogen functional groups attached to an aromatic ring is 1. The largest absolute Gasteiger partial charge is 0.397 e. The number of benzene rings is 2. The van der Waals surface area contributed by atoms with E-state index in [1.165, 1.54) is 19.3 Å². The molecule has 0 radical (unpaired) electrons. The van der Waals surface area contributed by atoms with E-state index in [2.05, 4.69) is 40.0 Å². The minimum atomic E-state index is -0.152. The lowest BCUT2D eigenvalue weighted by molar-refractivity contribution is 0.102. The third-order valence-corrected chi connectivity index (χ3v) is 5.36. The van der Waals surface area contributed by atoms with E-state index in [1.54, 1.807) is 12.1 Å². The first-order valence-electron chi connectivity index (χ1n) is 8.69. The van der Waals surface area contributed by atoms with E-state index in [0.29, 0.717) is 23.0 Å². The van der Waals surface area contributed by atoms with Crippen molar-refractivity contribution in [3.8, 4) is 0 Å². The number of hydrogen-bond donors (Lipinski definition) is 2. The molecule has 1 atom stereocenters. The van der Waals surface area contributed by atoms with Crippen molar-refractivity contribution in [2.24, 2.45) is 0 Å². The molecule has 1 amide bonds. The van der Waals surface area contributed by atoms with Crippen LogP contribution < -0.4 is 16.0 Å². The molecule has 5 heteroatoms. The van der Waals surface area contributed by atoms with Gasteiger partial charge in [-0.3, -0.25) is 4.79 Å². The molecule has 1 aliphatic rings. The smallest absolute Gasteiger partial charge is 0.255 e. The molecule has 0 bridgehead atoms. The topological polar surface area (TPSA) is 58.4 Å². The summed E-state index contributed by atoms with van der Waals surface area (Å²) in [5, 5.41) is 2.96. The number of nitrogens with two attached hydrogens (primary N) is 1. The first-order valence-corrected chi connectivity index (χ1v) is 9.48. The number of anilines is 3. The van der Waals surface area contributed by atoms with E-state index in [9.17, 15) is 4.79 Å². The summed E-state index contributed by atoms with van der Waals surface area (Å²) in [6.45, 7) is 5.38. The van der Waals surface area contributed by atoms with Crippen LogP contribution >= 0.6 is 15.9 Å². The highest BCUT2D eigenvalue weighted by Crippen LogP contribution is 2.33. The second-order valence-corrected chi connectivity index (χ2v) is 7.64. The van der Waals surface area contributed by atoms with Crippen LogP contribution in [-0.2, 0) is 0 Å². The number of rotatable bonds is 3. The second kappa shape index (κ2) is 7.48. The Balaban J connectivity index is 1.87. The Hall–Kier alpha value is -2.01. The van der Waals surface area contributed by atoms with Crippen molar-refractivity contribution in [3.63, 3.8) is 0 Å². The minimum absolute atomic E-state index is 0.152. The lowest BCUT2D eigenvalue weighted by Gasteiger charge is -2.36. The molecule has 3 rings (SSSR count). The van der Waals surface area contributed by atoms with Crippen molar-refractivity contribution < 1.29 is 4.79 Å². The van der Waals surface area contributed by atoms with Gasteiger partial charge in [-0.05, 0) is 75.1 Å². The molecule has 0 aliphatic carbocycles. The summed E-state index contributed by atoms with van der Waals surface area (Å²) in [6.07, 6.45) is 3.68. The quantitative estimate of drug-likeness (QED) is 0.713. The molecule has 3 N–H and O–H groups in total. The average Bonchev–Trinajstić information content (AvgIpc) is 2.58. The third-order valence-electron chi connectivity index (χ3n) is 4.84. The molecule has 1 saturated heterocycles. The zero-order chi connectivity index (χ0) is 18.0. The fourth-order valence-electron chi connectivity index (χ4n) is 3.39. The third kappa shape index (κ3) is 3.98. The average molecular weight is 402 g/mol. The van der Waals surface area contributed by atoms with Gasteiger partial charge in [-0.2, -0.15) is 0 Å². The maximum Gasteiger partial charge on any atom is 0.255 e. The number of nitrogens with zero attached hydrogens (tertiary/aromatic N) is 1. The summed E-state index contributed by atoms with van der Waals surface area (Å²) in [7, 11) is 0. The van der Waals surface area contributed by atoms with E-state index >= 15 is 0 Å². The van der Waals surface area contributed by atoms with Crippen LogP contribution in [0.5, 0.6) is 0 Å². The molecule has 0 spiro atoms. The van der Waals surface area contributed by atoms with Crippen LogP contribution in [0, 0.1) is 6.92 Å². The molecule has 2 aromatic carbocycles. The van der Waals surface area contributed by atoms with Crippen molar-refractivity contribution in [3.05, 3.63) is 52.0 Å². The summed E-state index contributed by atoms with van der Waals surface area (Å²) in [5.74, 6) is -0.152. The highest BCUT2D eigenvalue weighted by atomic mass is 79.9. The van der Waals surface area contributed by atoms with E-state index in [0.717, 1.165) is 22.3 Å². The molecule has 0 aromatic heterocycles. The Bertz CT molecular complexity index is 773. The summed E-state index contributed by atoms with van der Waals surface area (Å²) < 4.78 is 0.945. The number of carbonyl (C=O) groups excluding carboxylic acids is 1. The lowest BCUT2D eigenvalue weighted by atomic mass is 10.0. The van der Waals surface area contributed by atoms with Gasteiger partial charge in [0.2, 0.25) is 0 Å². The van der Waals surface area contributed by atoms with Crippen LogP contribution in [0.25, 0.3) is 0 Å².